The van der Waals surface area contributed by atoms with Crippen molar-refractivity contribution in [1.82, 2.24) is 4.98 Å². The summed E-state index contributed by atoms with van der Waals surface area (Å²) in [6.45, 7) is 0.754. The van der Waals surface area contributed by atoms with Crippen molar-refractivity contribution < 1.29 is 23.0 Å². The standard InChI is InChI=1S/C11H12F2N2O3/c1-17-11(16)9-6-15(2-3-18-9)10-8(13)4-7(12)5-14-10/h4-5,9H,2-3,6H2,1H3. The molecule has 18 heavy (non-hydrogen) atoms. The van der Waals surface area contributed by atoms with Gasteiger partial charge in [0.15, 0.2) is 17.7 Å². The van der Waals surface area contributed by atoms with Gasteiger partial charge >= 0.3 is 5.97 Å². The SMILES string of the molecule is COC(=O)C1CN(c2ncc(F)cc2F)CCO1. The maximum Gasteiger partial charge on any atom is 0.336 e. The van der Waals surface area contributed by atoms with E-state index >= 15 is 0 Å². The second-order valence-electron chi connectivity index (χ2n) is 3.79. The number of halogens is 2. The molecule has 1 aromatic heterocycles. The maximum absolute atomic E-state index is 13.5. The van der Waals surface area contributed by atoms with Gasteiger partial charge in [0.1, 0.15) is 5.82 Å². The highest BCUT2D eigenvalue weighted by molar-refractivity contribution is 5.75. The number of methoxy groups -OCH3 is 1. The Bertz CT molecular complexity index is 456. The molecule has 1 unspecified atom stereocenters. The van der Waals surface area contributed by atoms with E-state index in [4.69, 9.17) is 4.74 Å². The summed E-state index contributed by atoms with van der Waals surface area (Å²) in [6, 6.07) is 0.755. The van der Waals surface area contributed by atoms with Crippen molar-refractivity contribution >= 4 is 11.8 Å². The number of nitrogens with zero attached hydrogens (tertiary/aromatic N) is 2. The van der Waals surface area contributed by atoms with E-state index in [0.717, 1.165) is 12.3 Å². The van der Waals surface area contributed by atoms with Crippen LogP contribution in [0.5, 0.6) is 0 Å². The topological polar surface area (TPSA) is 51.7 Å². The predicted molar refractivity (Wildman–Crippen MR) is 58.1 cm³/mol. The Morgan fingerprint density at radius 2 is 2.39 bits per heavy atom. The summed E-state index contributed by atoms with van der Waals surface area (Å²) < 4.78 is 36.1. The number of morpholine rings is 1. The number of hydrogen-bond donors (Lipinski definition) is 0. The largest absolute Gasteiger partial charge is 0.467 e. The van der Waals surface area contributed by atoms with Crippen molar-refractivity contribution in [2.45, 2.75) is 6.10 Å². The lowest BCUT2D eigenvalue weighted by atomic mass is 10.2. The Balaban J connectivity index is 2.15. The number of carbonyl (C=O) groups excluding carboxylic acids is 1. The van der Waals surface area contributed by atoms with Gasteiger partial charge in [-0.25, -0.2) is 18.6 Å². The van der Waals surface area contributed by atoms with Crippen LogP contribution in [0.1, 0.15) is 0 Å². The number of pyridine rings is 1. The molecule has 0 saturated carbocycles. The van der Waals surface area contributed by atoms with Crippen LogP contribution in [-0.2, 0) is 14.3 Å². The maximum atomic E-state index is 13.5. The smallest absolute Gasteiger partial charge is 0.336 e. The minimum atomic E-state index is -0.782. The lowest BCUT2D eigenvalue weighted by Crippen LogP contribution is -2.47. The number of esters is 1. The average molecular weight is 258 g/mol. The summed E-state index contributed by atoms with van der Waals surface area (Å²) in [6.07, 6.45) is 0.149. The minimum absolute atomic E-state index is 0.00797. The van der Waals surface area contributed by atoms with Crippen molar-refractivity contribution in [1.29, 1.82) is 0 Å². The van der Waals surface area contributed by atoms with Crippen molar-refractivity contribution in [3.05, 3.63) is 23.9 Å². The molecular formula is C11H12F2N2O3. The fourth-order valence-corrected chi connectivity index (χ4v) is 1.76. The van der Waals surface area contributed by atoms with Gasteiger partial charge in [0, 0.05) is 12.6 Å². The molecule has 0 aliphatic carbocycles. The third-order valence-electron chi connectivity index (χ3n) is 2.62. The van der Waals surface area contributed by atoms with Crippen LogP contribution in [-0.4, -0.2) is 43.9 Å². The molecule has 0 amide bonds. The van der Waals surface area contributed by atoms with Crippen LogP contribution in [0.4, 0.5) is 14.6 Å². The molecule has 98 valence electrons. The number of carbonyl (C=O) groups is 1. The zero-order valence-electron chi connectivity index (χ0n) is 9.73. The zero-order chi connectivity index (χ0) is 13.1. The summed E-state index contributed by atoms with van der Waals surface area (Å²) in [7, 11) is 1.25. The number of hydrogen-bond acceptors (Lipinski definition) is 5. The van der Waals surface area contributed by atoms with Gasteiger partial charge in [0.25, 0.3) is 0 Å². The minimum Gasteiger partial charge on any atom is -0.467 e. The lowest BCUT2D eigenvalue weighted by molar-refractivity contribution is -0.154. The molecule has 1 fully saturated rings. The number of rotatable bonds is 2. The second kappa shape index (κ2) is 5.26. The molecular weight excluding hydrogens is 246 g/mol. The van der Waals surface area contributed by atoms with Crippen molar-refractivity contribution in [3.63, 3.8) is 0 Å². The van der Waals surface area contributed by atoms with Crippen LogP contribution in [0.2, 0.25) is 0 Å². The predicted octanol–water partition coefficient (Wildman–Crippen LogP) is 0.738. The highest BCUT2D eigenvalue weighted by Gasteiger charge is 2.29. The second-order valence-corrected chi connectivity index (χ2v) is 3.79. The van der Waals surface area contributed by atoms with Gasteiger partial charge in [-0.05, 0) is 0 Å². The number of aromatic nitrogens is 1. The first-order valence-electron chi connectivity index (χ1n) is 5.37. The molecule has 2 heterocycles. The Morgan fingerprint density at radius 3 is 3.06 bits per heavy atom. The van der Waals surface area contributed by atoms with Gasteiger partial charge in [-0.15, -0.1) is 0 Å². The lowest BCUT2D eigenvalue weighted by Gasteiger charge is -2.32. The third-order valence-corrected chi connectivity index (χ3v) is 2.62. The summed E-state index contributed by atoms with van der Waals surface area (Å²) in [4.78, 5) is 16.6. The Hall–Kier alpha value is -1.76. The first kappa shape index (κ1) is 12.7. The van der Waals surface area contributed by atoms with Gasteiger partial charge in [-0.3, -0.25) is 0 Å². The molecule has 1 aliphatic rings. The number of ether oxygens (including phenoxy) is 2. The molecule has 1 aliphatic heterocycles. The molecule has 7 heteroatoms. The van der Waals surface area contributed by atoms with E-state index in [1.165, 1.54) is 12.0 Å². The highest BCUT2D eigenvalue weighted by atomic mass is 19.1. The van der Waals surface area contributed by atoms with Gasteiger partial charge < -0.3 is 14.4 Å². The Morgan fingerprint density at radius 1 is 1.61 bits per heavy atom. The first-order chi connectivity index (χ1) is 8.61. The summed E-state index contributed by atoms with van der Waals surface area (Å²) >= 11 is 0. The van der Waals surface area contributed by atoms with E-state index < -0.39 is 23.7 Å². The van der Waals surface area contributed by atoms with Crippen LogP contribution in [0.25, 0.3) is 0 Å². The van der Waals surface area contributed by atoms with Gasteiger partial charge in [-0.1, -0.05) is 0 Å². The average Bonchev–Trinajstić information content (AvgIpc) is 2.38. The summed E-state index contributed by atoms with van der Waals surface area (Å²) in [5.41, 5.74) is 0. The Kier molecular flexibility index (Phi) is 3.71. The molecule has 0 N–H and O–H groups in total. The molecule has 1 aromatic rings. The van der Waals surface area contributed by atoms with Crippen LogP contribution >= 0.6 is 0 Å². The molecule has 0 spiro atoms. The van der Waals surface area contributed by atoms with E-state index in [1.54, 1.807) is 0 Å². The molecule has 1 atom stereocenters. The molecule has 5 nitrogen and oxygen atoms in total. The van der Waals surface area contributed by atoms with E-state index in [-0.39, 0.29) is 19.0 Å². The van der Waals surface area contributed by atoms with Crippen LogP contribution in [0, 0.1) is 11.6 Å². The first-order valence-corrected chi connectivity index (χ1v) is 5.37. The van der Waals surface area contributed by atoms with E-state index in [9.17, 15) is 13.6 Å². The molecule has 2 rings (SSSR count). The zero-order valence-corrected chi connectivity index (χ0v) is 9.73. The molecule has 0 radical (unpaired) electrons. The van der Waals surface area contributed by atoms with Crippen LogP contribution in [0.15, 0.2) is 12.3 Å². The fraction of sp³-hybridized carbons (Fsp3) is 0.455. The number of anilines is 1. The van der Waals surface area contributed by atoms with Crippen LogP contribution < -0.4 is 4.90 Å². The van der Waals surface area contributed by atoms with Gasteiger partial charge in [0.2, 0.25) is 0 Å². The highest BCUT2D eigenvalue weighted by Crippen LogP contribution is 2.19. The summed E-state index contributed by atoms with van der Waals surface area (Å²) in [5, 5.41) is 0. The van der Waals surface area contributed by atoms with Crippen molar-refractivity contribution in [3.8, 4) is 0 Å². The van der Waals surface area contributed by atoms with Crippen LogP contribution in [0.3, 0.4) is 0 Å². The monoisotopic (exact) mass is 258 g/mol. The summed E-state index contributed by atoms with van der Waals surface area (Å²) in [5.74, 6) is -2.02. The fourth-order valence-electron chi connectivity index (χ4n) is 1.76. The molecule has 0 aromatic carbocycles. The van der Waals surface area contributed by atoms with E-state index in [1.807, 2.05) is 0 Å². The quantitative estimate of drug-likeness (QED) is 0.732. The van der Waals surface area contributed by atoms with Crippen molar-refractivity contribution in [2.24, 2.45) is 0 Å². The third kappa shape index (κ3) is 2.56. The molecule has 1 saturated heterocycles. The van der Waals surface area contributed by atoms with E-state index in [0.29, 0.717) is 6.54 Å². The van der Waals surface area contributed by atoms with E-state index in [2.05, 4.69) is 9.72 Å². The van der Waals surface area contributed by atoms with Crippen molar-refractivity contribution in [2.75, 3.05) is 31.7 Å². The Labute approximate surface area is 102 Å². The molecule has 0 bridgehead atoms. The van der Waals surface area contributed by atoms with Gasteiger partial charge in [0.05, 0.1) is 26.5 Å². The van der Waals surface area contributed by atoms with Gasteiger partial charge in [-0.2, -0.15) is 0 Å². The normalized spacial score (nSPS) is 19.7.